The average Bonchev–Trinajstić information content (AvgIpc) is 2.15. The molecular weight excluding hydrogens is 202 g/mol. The summed E-state index contributed by atoms with van der Waals surface area (Å²) >= 11 is 5.73. The molecule has 0 radical (unpaired) electrons. The summed E-state index contributed by atoms with van der Waals surface area (Å²) in [7, 11) is 1.80. The molecule has 0 unspecified atom stereocenters. The first-order valence-electron chi connectivity index (χ1n) is 4.28. The molecule has 0 fully saturated rings. The molecule has 5 heteroatoms. The molecule has 14 heavy (non-hydrogen) atoms. The highest BCUT2D eigenvalue weighted by Crippen LogP contribution is 2.11. The number of pyridine rings is 1. The number of halogens is 1. The van der Waals surface area contributed by atoms with Gasteiger partial charge in [-0.1, -0.05) is 11.6 Å². The Labute approximate surface area is 87.7 Å². The second-order valence-corrected chi connectivity index (χ2v) is 3.20. The Morgan fingerprint density at radius 3 is 3.07 bits per heavy atom. The molecule has 0 aliphatic rings. The van der Waals surface area contributed by atoms with Crippen LogP contribution in [0.1, 0.15) is 6.42 Å². The highest BCUT2D eigenvalue weighted by atomic mass is 35.5. The summed E-state index contributed by atoms with van der Waals surface area (Å²) < 4.78 is 0. The van der Waals surface area contributed by atoms with Crippen molar-refractivity contribution >= 4 is 23.3 Å². The minimum atomic E-state index is -0.0749. The lowest BCUT2D eigenvalue weighted by molar-refractivity contribution is -0.116. The van der Waals surface area contributed by atoms with Gasteiger partial charge in [0.15, 0.2) is 0 Å². The molecule has 1 heterocycles. The van der Waals surface area contributed by atoms with E-state index in [0.29, 0.717) is 23.8 Å². The number of nitrogens with zero attached hydrogens (tertiary/aromatic N) is 1. The van der Waals surface area contributed by atoms with Gasteiger partial charge < -0.3 is 10.6 Å². The van der Waals surface area contributed by atoms with Crippen molar-refractivity contribution in [3.63, 3.8) is 0 Å². The molecule has 0 aromatic carbocycles. The maximum Gasteiger partial charge on any atom is 0.226 e. The Balaban J connectivity index is 2.47. The van der Waals surface area contributed by atoms with Crippen LogP contribution in [0, 0.1) is 0 Å². The second kappa shape index (κ2) is 5.57. The second-order valence-electron chi connectivity index (χ2n) is 2.76. The van der Waals surface area contributed by atoms with Crippen molar-refractivity contribution in [1.82, 2.24) is 10.3 Å². The molecule has 4 nitrogen and oxygen atoms in total. The molecule has 1 rings (SSSR count). The van der Waals surface area contributed by atoms with Gasteiger partial charge in [-0.3, -0.25) is 4.79 Å². The van der Waals surface area contributed by atoms with Crippen LogP contribution < -0.4 is 10.6 Å². The van der Waals surface area contributed by atoms with Crippen LogP contribution in [0.5, 0.6) is 0 Å². The lowest BCUT2D eigenvalue weighted by Crippen LogP contribution is -2.19. The zero-order valence-electron chi connectivity index (χ0n) is 7.88. The quantitative estimate of drug-likeness (QED) is 0.793. The number of aromatic nitrogens is 1. The van der Waals surface area contributed by atoms with Crippen LogP contribution in [0.4, 0.5) is 5.82 Å². The summed E-state index contributed by atoms with van der Waals surface area (Å²) in [6, 6.07) is 3.27. The molecule has 0 saturated heterocycles. The van der Waals surface area contributed by atoms with Gasteiger partial charge in [0, 0.05) is 24.2 Å². The predicted octanol–water partition coefficient (Wildman–Crippen LogP) is 1.28. The predicted molar refractivity (Wildman–Crippen MR) is 56.4 cm³/mol. The number of carbonyl (C=O) groups is 1. The summed E-state index contributed by atoms with van der Waals surface area (Å²) in [5.41, 5.74) is 0. The lowest BCUT2D eigenvalue weighted by Gasteiger charge is -2.03. The van der Waals surface area contributed by atoms with Crippen molar-refractivity contribution in [2.24, 2.45) is 0 Å². The largest absolute Gasteiger partial charge is 0.319 e. The third-order valence-electron chi connectivity index (χ3n) is 1.59. The number of rotatable bonds is 4. The molecule has 1 aromatic rings. The Hall–Kier alpha value is -1.13. The lowest BCUT2D eigenvalue weighted by atomic mass is 10.4. The van der Waals surface area contributed by atoms with Gasteiger partial charge >= 0.3 is 0 Å². The monoisotopic (exact) mass is 213 g/mol. The average molecular weight is 214 g/mol. The minimum absolute atomic E-state index is 0.0749. The molecule has 0 atom stereocenters. The van der Waals surface area contributed by atoms with Gasteiger partial charge in [0.1, 0.15) is 5.82 Å². The summed E-state index contributed by atoms with van der Waals surface area (Å²) in [6.07, 6.45) is 1.97. The third-order valence-corrected chi connectivity index (χ3v) is 1.83. The normalized spacial score (nSPS) is 9.86. The molecule has 0 bridgehead atoms. The number of hydrogen-bond acceptors (Lipinski definition) is 3. The number of carbonyl (C=O) groups excluding carboxylic acids is 1. The van der Waals surface area contributed by atoms with E-state index in [4.69, 9.17) is 11.6 Å². The number of anilines is 1. The van der Waals surface area contributed by atoms with Crippen molar-refractivity contribution in [1.29, 1.82) is 0 Å². The fourth-order valence-electron chi connectivity index (χ4n) is 0.917. The minimum Gasteiger partial charge on any atom is -0.319 e. The Morgan fingerprint density at radius 2 is 2.43 bits per heavy atom. The van der Waals surface area contributed by atoms with Crippen molar-refractivity contribution in [2.45, 2.75) is 6.42 Å². The first-order valence-corrected chi connectivity index (χ1v) is 4.66. The van der Waals surface area contributed by atoms with E-state index in [1.165, 1.54) is 0 Å². The number of nitrogens with one attached hydrogen (secondary N) is 2. The molecule has 0 spiro atoms. The van der Waals surface area contributed by atoms with Crippen LogP contribution >= 0.6 is 11.6 Å². The topological polar surface area (TPSA) is 54.0 Å². The van der Waals surface area contributed by atoms with E-state index in [-0.39, 0.29) is 5.91 Å². The standard InChI is InChI=1S/C9H12ClN3O/c1-11-4-3-9(14)13-8-6-7(10)2-5-12-8/h2,5-6,11H,3-4H2,1H3,(H,12,13,14). The van der Waals surface area contributed by atoms with Crippen LogP contribution in [-0.4, -0.2) is 24.5 Å². The van der Waals surface area contributed by atoms with E-state index < -0.39 is 0 Å². The maximum absolute atomic E-state index is 11.2. The van der Waals surface area contributed by atoms with Crippen molar-refractivity contribution in [3.8, 4) is 0 Å². The van der Waals surface area contributed by atoms with E-state index in [2.05, 4.69) is 15.6 Å². The van der Waals surface area contributed by atoms with Gasteiger partial charge in [-0.15, -0.1) is 0 Å². The molecular formula is C9H12ClN3O. The Bertz CT molecular complexity index is 317. The van der Waals surface area contributed by atoms with Crippen LogP contribution in [0.2, 0.25) is 5.02 Å². The SMILES string of the molecule is CNCCC(=O)Nc1cc(Cl)ccn1. The summed E-state index contributed by atoms with van der Waals surface area (Å²) in [5.74, 6) is 0.410. The highest BCUT2D eigenvalue weighted by Gasteiger charge is 2.02. The van der Waals surface area contributed by atoms with Gasteiger partial charge in [-0.2, -0.15) is 0 Å². The number of hydrogen-bond donors (Lipinski definition) is 2. The van der Waals surface area contributed by atoms with Crippen LogP contribution in [0.25, 0.3) is 0 Å². The van der Waals surface area contributed by atoms with Gasteiger partial charge in [0.05, 0.1) is 0 Å². The van der Waals surface area contributed by atoms with E-state index in [1.54, 1.807) is 25.4 Å². The number of amides is 1. The molecule has 76 valence electrons. The van der Waals surface area contributed by atoms with Gasteiger partial charge in [-0.05, 0) is 19.2 Å². The van der Waals surface area contributed by atoms with Gasteiger partial charge in [0.25, 0.3) is 0 Å². The summed E-state index contributed by atoms with van der Waals surface area (Å²) in [6.45, 7) is 0.645. The first-order chi connectivity index (χ1) is 6.72. The Kier molecular flexibility index (Phi) is 4.35. The van der Waals surface area contributed by atoms with Crippen LogP contribution in [0.15, 0.2) is 18.3 Å². The third kappa shape index (κ3) is 3.72. The van der Waals surface area contributed by atoms with E-state index >= 15 is 0 Å². The first kappa shape index (κ1) is 10.9. The van der Waals surface area contributed by atoms with Crippen LogP contribution in [-0.2, 0) is 4.79 Å². The molecule has 0 aliphatic heterocycles. The molecule has 0 saturated carbocycles. The fraction of sp³-hybridized carbons (Fsp3) is 0.333. The Morgan fingerprint density at radius 1 is 1.64 bits per heavy atom. The van der Waals surface area contributed by atoms with Crippen molar-refractivity contribution < 1.29 is 4.79 Å². The smallest absolute Gasteiger partial charge is 0.226 e. The van der Waals surface area contributed by atoms with Crippen molar-refractivity contribution in [3.05, 3.63) is 23.4 Å². The van der Waals surface area contributed by atoms with Gasteiger partial charge in [-0.25, -0.2) is 4.98 Å². The van der Waals surface area contributed by atoms with E-state index in [1.807, 2.05) is 0 Å². The van der Waals surface area contributed by atoms with Crippen LogP contribution in [0.3, 0.4) is 0 Å². The molecule has 2 N–H and O–H groups in total. The molecule has 0 aliphatic carbocycles. The zero-order valence-corrected chi connectivity index (χ0v) is 8.64. The van der Waals surface area contributed by atoms with E-state index in [0.717, 1.165) is 0 Å². The summed E-state index contributed by atoms with van der Waals surface area (Å²) in [5, 5.41) is 6.09. The van der Waals surface area contributed by atoms with E-state index in [9.17, 15) is 4.79 Å². The highest BCUT2D eigenvalue weighted by molar-refractivity contribution is 6.30. The van der Waals surface area contributed by atoms with Gasteiger partial charge in [0.2, 0.25) is 5.91 Å². The molecule has 1 amide bonds. The zero-order chi connectivity index (χ0) is 10.4. The summed E-state index contributed by atoms with van der Waals surface area (Å²) in [4.78, 5) is 15.2. The molecule has 1 aromatic heterocycles. The van der Waals surface area contributed by atoms with Crippen molar-refractivity contribution in [2.75, 3.05) is 18.9 Å². The fourth-order valence-corrected chi connectivity index (χ4v) is 1.08. The maximum atomic E-state index is 11.2.